The summed E-state index contributed by atoms with van der Waals surface area (Å²) in [7, 11) is 0. The summed E-state index contributed by atoms with van der Waals surface area (Å²) in [5, 5.41) is 3.39. The lowest BCUT2D eigenvalue weighted by atomic mass is 9.97. The number of carbonyl (C=O) groups excluding carboxylic acids is 1. The van der Waals surface area contributed by atoms with Crippen LogP contribution in [0.3, 0.4) is 0 Å². The number of nitrogens with two attached hydrogens (primary N) is 1. The summed E-state index contributed by atoms with van der Waals surface area (Å²) < 4.78 is 0. The molecule has 0 aromatic carbocycles. The fraction of sp³-hybridized carbons (Fsp3) is 0.923. The van der Waals surface area contributed by atoms with Crippen LogP contribution in [0.5, 0.6) is 0 Å². The molecule has 0 bridgehead atoms. The molecular weight excluding hydrogens is 214 g/mol. The van der Waals surface area contributed by atoms with E-state index in [1.54, 1.807) is 0 Å². The third-order valence-electron chi connectivity index (χ3n) is 3.53. The highest BCUT2D eigenvalue weighted by Crippen LogP contribution is 2.14. The van der Waals surface area contributed by atoms with E-state index in [0.717, 1.165) is 45.1 Å². The van der Waals surface area contributed by atoms with Crippen LogP contribution in [0.25, 0.3) is 0 Å². The maximum absolute atomic E-state index is 11.1. The summed E-state index contributed by atoms with van der Waals surface area (Å²) in [4.78, 5) is 13.5. The average molecular weight is 241 g/mol. The van der Waals surface area contributed by atoms with Gasteiger partial charge in [0.2, 0.25) is 5.91 Å². The zero-order valence-corrected chi connectivity index (χ0v) is 11.2. The fourth-order valence-electron chi connectivity index (χ4n) is 2.48. The summed E-state index contributed by atoms with van der Waals surface area (Å²) in [5.41, 5.74) is 5.34. The van der Waals surface area contributed by atoms with Crippen molar-refractivity contribution in [2.24, 2.45) is 17.6 Å². The molecule has 0 radical (unpaired) electrons. The highest BCUT2D eigenvalue weighted by Gasteiger charge is 2.19. The van der Waals surface area contributed by atoms with Gasteiger partial charge in [0.1, 0.15) is 0 Å². The molecule has 1 fully saturated rings. The Morgan fingerprint density at radius 1 is 1.47 bits per heavy atom. The molecule has 0 aromatic rings. The first-order chi connectivity index (χ1) is 8.13. The van der Waals surface area contributed by atoms with E-state index in [2.05, 4.69) is 17.1 Å². The summed E-state index contributed by atoms with van der Waals surface area (Å²) in [6.07, 6.45) is 3.65. The molecule has 1 atom stereocenters. The van der Waals surface area contributed by atoms with Crippen LogP contribution < -0.4 is 11.1 Å². The maximum atomic E-state index is 11.1. The Balaban J connectivity index is 2.38. The number of carbonyl (C=O) groups is 1. The number of nitrogens with zero attached hydrogens (tertiary/aromatic N) is 1. The molecule has 0 aromatic heterocycles. The number of amides is 1. The number of piperidine rings is 1. The van der Waals surface area contributed by atoms with Crippen molar-refractivity contribution >= 4 is 5.91 Å². The summed E-state index contributed by atoms with van der Waals surface area (Å²) in [6, 6.07) is 0. The normalized spacial score (nSPS) is 19.5. The molecule has 1 aliphatic heterocycles. The Morgan fingerprint density at radius 3 is 2.65 bits per heavy atom. The van der Waals surface area contributed by atoms with Gasteiger partial charge in [0.25, 0.3) is 0 Å². The molecule has 4 nitrogen and oxygen atoms in total. The molecule has 1 unspecified atom stereocenters. The zero-order chi connectivity index (χ0) is 12.7. The SMILES string of the molecule is CCCN(CC1CCNCC1)CC(C)C(N)=O. The van der Waals surface area contributed by atoms with Gasteiger partial charge in [-0.1, -0.05) is 13.8 Å². The quantitative estimate of drug-likeness (QED) is 0.694. The van der Waals surface area contributed by atoms with Gasteiger partial charge in [0.15, 0.2) is 0 Å². The molecule has 100 valence electrons. The van der Waals surface area contributed by atoms with Crippen molar-refractivity contribution in [1.82, 2.24) is 10.2 Å². The summed E-state index contributed by atoms with van der Waals surface area (Å²) in [6.45, 7) is 9.38. The Kier molecular flexibility index (Phi) is 6.52. The summed E-state index contributed by atoms with van der Waals surface area (Å²) in [5.74, 6) is 0.558. The standard InChI is InChI=1S/C13H27N3O/c1-3-8-16(9-11(2)13(14)17)10-12-4-6-15-7-5-12/h11-12,15H,3-10H2,1-2H3,(H2,14,17). The molecule has 17 heavy (non-hydrogen) atoms. The minimum absolute atomic E-state index is 0.0386. The first-order valence-corrected chi connectivity index (χ1v) is 6.85. The van der Waals surface area contributed by atoms with Gasteiger partial charge in [-0.15, -0.1) is 0 Å². The first kappa shape index (κ1) is 14.5. The van der Waals surface area contributed by atoms with Crippen molar-refractivity contribution in [1.29, 1.82) is 0 Å². The first-order valence-electron chi connectivity index (χ1n) is 6.85. The van der Waals surface area contributed by atoms with Crippen LogP contribution in [0.15, 0.2) is 0 Å². The van der Waals surface area contributed by atoms with Crippen LogP contribution >= 0.6 is 0 Å². The molecule has 0 saturated carbocycles. The van der Waals surface area contributed by atoms with E-state index in [1.807, 2.05) is 6.92 Å². The predicted molar refractivity (Wildman–Crippen MR) is 70.7 cm³/mol. The van der Waals surface area contributed by atoms with Crippen molar-refractivity contribution in [2.45, 2.75) is 33.1 Å². The molecule has 4 heteroatoms. The van der Waals surface area contributed by atoms with Crippen LogP contribution in [0, 0.1) is 11.8 Å². The minimum Gasteiger partial charge on any atom is -0.369 e. The van der Waals surface area contributed by atoms with Gasteiger partial charge in [-0.05, 0) is 44.8 Å². The van der Waals surface area contributed by atoms with Crippen LogP contribution in [0.2, 0.25) is 0 Å². The smallest absolute Gasteiger partial charge is 0.221 e. The van der Waals surface area contributed by atoms with Gasteiger partial charge >= 0.3 is 0 Å². The van der Waals surface area contributed by atoms with Gasteiger partial charge < -0.3 is 16.0 Å². The molecule has 3 N–H and O–H groups in total. The van der Waals surface area contributed by atoms with Crippen LogP contribution in [-0.2, 0) is 4.79 Å². The number of nitrogens with one attached hydrogen (secondary N) is 1. The van der Waals surface area contributed by atoms with Crippen molar-refractivity contribution in [3.8, 4) is 0 Å². The monoisotopic (exact) mass is 241 g/mol. The molecule has 0 aliphatic carbocycles. The summed E-state index contributed by atoms with van der Waals surface area (Å²) >= 11 is 0. The minimum atomic E-state index is -0.184. The largest absolute Gasteiger partial charge is 0.369 e. The zero-order valence-electron chi connectivity index (χ0n) is 11.2. The van der Waals surface area contributed by atoms with Crippen LogP contribution in [0.1, 0.15) is 33.1 Å². The predicted octanol–water partition coefficient (Wildman–Crippen LogP) is 0.819. The van der Waals surface area contributed by atoms with E-state index < -0.39 is 0 Å². The lowest BCUT2D eigenvalue weighted by Gasteiger charge is -2.31. The molecule has 1 rings (SSSR count). The van der Waals surface area contributed by atoms with Crippen molar-refractivity contribution in [3.63, 3.8) is 0 Å². The van der Waals surface area contributed by atoms with Gasteiger partial charge in [-0.25, -0.2) is 0 Å². The Morgan fingerprint density at radius 2 is 2.12 bits per heavy atom. The van der Waals surface area contributed by atoms with E-state index in [9.17, 15) is 4.79 Å². The second kappa shape index (κ2) is 7.67. The lowest BCUT2D eigenvalue weighted by molar-refractivity contribution is -0.121. The fourth-order valence-corrected chi connectivity index (χ4v) is 2.48. The van der Waals surface area contributed by atoms with Crippen molar-refractivity contribution in [2.75, 3.05) is 32.7 Å². The Bertz CT molecular complexity index is 227. The van der Waals surface area contributed by atoms with Gasteiger partial charge in [-0.2, -0.15) is 0 Å². The molecule has 1 heterocycles. The third kappa shape index (κ3) is 5.50. The molecule has 1 amide bonds. The van der Waals surface area contributed by atoms with E-state index in [0.29, 0.717) is 0 Å². The number of hydrogen-bond acceptors (Lipinski definition) is 3. The van der Waals surface area contributed by atoms with Crippen molar-refractivity contribution in [3.05, 3.63) is 0 Å². The van der Waals surface area contributed by atoms with E-state index in [1.165, 1.54) is 12.8 Å². The maximum Gasteiger partial charge on any atom is 0.221 e. The molecule has 0 spiro atoms. The second-order valence-corrected chi connectivity index (χ2v) is 5.26. The van der Waals surface area contributed by atoms with Crippen molar-refractivity contribution < 1.29 is 4.79 Å². The van der Waals surface area contributed by atoms with Crippen LogP contribution in [0.4, 0.5) is 0 Å². The average Bonchev–Trinajstić information content (AvgIpc) is 2.30. The number of rotatable bonds is 7. The third-order valence-corrected chi connectivity index (χ3v) is 3.53. The number of hydrogen-bond donors (Lipinski definition) is 2. The highest BCUT2D eigenvalue weighted by atomic mass is 16.1. The van der Waals surface area contributed by atoms with Gasteiger partial charge in [0.05, 0.1) is 0 Å². The molecule has 1 aliphatic rings. The molecule has 1 saturated heterocycles. The number of primary amides is 1. The molecular formula is C13H27N3O. The second-order valence-electron chi connectivity index (χ2n) is 5.26. The Labute approximate surface area is 105 Å². The van der Waals surface area contributed by atoms with Crippen LogP contribution in [-0.4, -0.2) is 43.5 Å². The Hall–Kier alpha value is -0.610. The lowest BCUT2D eigenvalue weighted by Crippen LogP contribution is -2.40. The highest BCUT2D eigenvalue weighted by molar-refractivity contribution is 5.76. The van der Waals surface area contributed by atoms with E-state index in [-0.39, 0.29) is 11.8 Å². The topological polar surface area (TPSA) is 58.4 Å². The van der Waals surface area contributed by atoms with Gasteiger partial charge in [0, 0.05) is 19.0 Å². The van der Waals surface area contributed by atoms with Gasteiger partial charge in [-0.3, -0.25) is 4.79 Å². The van der Waals surface area contributed by atoms with E-state index >= 15 is 0 Å². The van der Waals surface area contributed by atoms with E-state index in [4.69, 9.17) is 5.73 Å².